The topological polar surface area (TPSA) is 34.1 Å². The van der Waals surface area contributed by atoms with Crippen molar-refractivity contribution in [2.24, 2.45) is 17.8 Å². The lowest BCUT2D eigenvalue weighted by Crippen LogP contribution is -2.37. The maximum absolute atomic E-state index is 11.5. The van der Waals surface area contributed by atoms with Gasteiger partial charge in [0.1, 0.15) is 0 Å². The lowest BCUT2D eigenvalue weighted by molar-refractivity contribution is -0.130. The average molecular weight is 176 g/mol. The molecule has 0 aromatic heterocycles. The summed E-state index contributed by atoms with van der Waals surface area (Å²) in [6.45, 7) is 2.00. The molecule has 2 aliphatic rings. The Morgan fingerprint density at radius 3 is 2.62 bits per heavy atom. The summed E-state index contributed by atoms with van der Waals surface area (Å²) >= 11 is 0. The summed E-state index contributed by atoms with van der Waals surface area (Å²) in [5, 5.41) is 0. The first kappa shape index (κ1) is 8.42. The highest BCUT2D eigenvalue weighted by molar-refractivity contribution is 6.07. The van der Waals surface area contributed by atoms with Crippen LogP contribution in [0.25, 0.3) is 0 Å². The molecule has 0 heterocycles. The molecule has 0 aromatic rings. The van der Waals surface area contributed by atoms with E-state index in [9.17, 15) is 9.59 Å². The van der Waals surface area contributed by atoms with Crippen LogP contribution < -0.4 is 0 Å². The van der Waals surface area contributed by atoms with Gasteiger partial charge in [0.05, 0.1) is 0 Å². The standard InChI is InChI=1S/C11H12O2/c1-7-3-2-4-8-9(12)5-6-10(13)11(7)8/h2-3,5-8,11H,4H2,1H3/t7-,8-,11-/m0/s1. The summed E-state index contributed by atoms with van der Waals surface area (Å²) < 4.78 is 0. The Bertz CT molecular complexity index is 312. The molecule has 2 nitrogen and oxygen atoms in total. The molecule has 2 aliphatic carbocycles. The molecule has 0 aromatic carbocycles. The number of fused-ring (bicyclic) bond motifs is 1. The van der Waals surface area contributed by atoms with Crippen molar-refractivity contribution in [3.63, 3.8) is 0 Å². The summed E-state index contributed by atoms with van der Waals surface area (Å²) in [7, 11) is 0. The fourth-order valence-electron chi connectivity index (χ4n) is 2.22. The van der Waals surface area contributed by atoms with Crippen LogP contribution in [-0.4, -0.2) is 11.6 Å². The zero-order valence-electron chi connectivity index (χ0n) is 7.57. The molecule has 0 fully saturated rings. The van der Waals surface area contributed by atoms with Crippen molar-refractivity contribution in [2.75, 3.05) is 0 Å². The van der Waals surface area contributed by atoms with Gasteiger partial charge in [-0.3, -0.25) is 9.59 Å². The van der Waals surface area contributed by atoms with Crippen LogP contribution >= 0.6 is 0 Å². The van der Waals surface area contributed by atoms with Crippen molar-refractivity contribution >= 4 is 11.6 Å². The van der Waals surface area contributed by atoms with Crippen LogP contribution in [0.5, 0.6) is 0 Å². The number of rotatable bonds is 0. The van der Waals surface area contributed by atoms with E-state index < -0.39 is 0 Å². The summed E-state index contributed by atoms with van der Waals surface area (Å²) in [4.78, 5) is 23.0. The van der Waals surface area contributed by atoms with E-state index in [-0.39, 0.29) is 29.3 Å². The highest BCUT2D eigenvalue weighted by Crippen LogP contribution is 2.34. The van der Waals surface area contributed by atoms with Gasteiger partial charge in [-0.05, 0) is 24.5 Å². The molecule has 0 saturated carbocycles. The smallest absolute Gasteiger partial charge is 0.160 e. The van der Waals surface area contributed by atoms with Crippen LogP contribution in [0.3, 0.4) is 0 Å². The van der Waals surface area contributed by atoms with E-state index in [2.05, 4.69) is 0 Å². The number of carbonyl (C=O) groups excluding carboxylic acids is 2. The summed E-state index contributed by atoms with van der Waals surface area (Å²) in [5.74, 6) is 0.252. The lowest BCUT2D eigenvalue weighted by atomic mass is 9.70. The third kappa shape index (κ3) is 1.26. The minimum absolute atomic E-state index is 0.0856. The molecule has 13 heavy (non-hydrogen) atoms. The highest BCUT2D eigenvalue weighted by atomic mass is 16.1. The van der Waals surface area contributed by atoms with Crippen LogP contribution in [0.4, 0.5) is 0 Å². The van der Waals surface area contributed by atoms with E-state index in [4.69, 9.17) is 0 Å². The molecular weight excluding hydrogens is 164 g/mol. The Labute approximate surface area is 77.3 Å². The molecule has 0 aliphatic heterocycles. The van der Waals surface area contributed by atoms with Crippen LogP contribution in [0.1, 0.15) is 13.3 Å². The van der Waals surface area contributed by atoms with E-state index in [1.807, 2.05) is 19.1 Å². The number of allylic oxidation sites excluding steroid dienone is 4. The van der Waals surface area contributed by atoms with Crippen LogP contribution in [0.15, 0.2) is 24.3 Å². The summed E-state index contributed by atoms with van der Waals surface area (Å²) in [6.07, 6.45) is 7.63. The summed E-state index contributed by atoms with van der Waals surface area (Å²) in [6, 6.07) is 0. The van der Waals surface area contributed by atoms with E-state index in [1.165, 1.54) is 12.2 Å². The summed E-state index contributed by atoms with van der Waals surface area (Å²) in [5.41, 5.74) is 0. The quantitative estimate of drug-likeness (QED) is 0.524. The fraction of sp³-hybridized carbons (Fsp3) is 0.455. The molecular formula is C11H12O2. The predicted octanol–water partition coefficient (Wildman–Crippen LogP) is 1.52. The second kappa shape index (κ2) is 2.95. The lowest BCUT2D eigenvalue weighted by Gasteiger charge is -2.31. The van der Waals surface area contributed by atoms with Gasteiger partial charge in [0.15, 0.2) is 11.6 Å². The maximum atomic E-state index is 11.5. The Hall–Kier alpha value is -1.18. The Kier molecular flexibility index (Phi) is 1.91. The number of hydrogen-bond donors (Lipinski definition) is 0. The molecule has 2 rings (SSSR count). The molecule has 0 amide bonds. The first-order valence-corrected chi connectivity index (χ1v) is 4.62. The van der Waals surface area contributed by atoms with E-state index in [0.29, 0.717) is 0 Å². The molecule has 3 atom stereocenters. The minimum atomic E-state index is -0.0949. The first-order valence-electron chi connectivity index (χ1n) is 4.62. The van der Waals surface area contributed by atoms with Crippen LogP contribution in [0, 0.1) is 17.8 Å². The highest BCUT2D eigenvalue weighted by Gasteiger charge is 2.38. The van der Waals surface area contributed by atoms with Gasteiger partial charge in [-0.25, -0.2) is 0 Å². The Morgan fingerprint density at radius 1 is 1.23 bits per heavy atom. The fourth-order valence-corrected chi connectivity index (χ4v) is 2.22. The maximum Gasteiger partial charge on any atom is 0.160 e. The van der Waals surface area contributed by atoms with Crippen molar-refractivity contribution in [3.05, 3.63) is 24.3 Å². The molecule has 0 bridgehead atoms. The molecule has 0 unspecified atom stereocenters. The number of ketones is 2. The van der Waals surface area contributed by atoms with Crippen molar-refractivity contribution in [1.29, 1.82) is 0 Å². The van der Waals surface area contributed by atoms with Gasteiger partial charge in [-0.15, -0.1) is 0 Å². The monoisotopic (exact) mass is 176 g/mol. The first-order chi connectivity index (χ1) is 6.20. The molecule has 0 N–H and O–H groups in total. The van der Waals surface area contributed by atoms with E-state index in [0.717, 1.165) is 6.42 Å². The van der Waals surface area contributed by atoms with Crippen molar-refractivity contribution in [3.8, 4) is 0 Å². The van der Waals surface area contributed by atoms with Crippen molar-refractivity contribution < 1.29 is 9.59 Å². The zero-order valence-corrected chi connectivity index (χ0v) is 7.57. The molecule has 0 spiro atoms. The predicted molar refractivity (Wildman–Crippen MR) is 49.1 cm³/mol. The SMILES string of the molecule is C[C@H]1C=CC[C@H]2C(=O)C=CC(=O)[C@@H]12. The molecule has 68 valence electrons. The normalized spacial score (nSPS) is 37.8. The molecule has 0 radical (unpaired) electrons. The largest absolute Gasteiger partial charge is 0.295 e. The van der Waals surface area contributed by atoms with E-state index in [1.54, 1.807) is 0 Å². The van der Waals surface area contributed by atoms with Crippen molar-refractivity contribution in [1.82, 2.24) is 0 Å². The van der Waals surface area contributed by atoms with Crippen molar-refractivity contribution in [2.45, 2.75) is 13.3 Å². The van der Waals surface area contributed by atoms with Gasteiger partial charge in [-0.2, -0.15) is 0 Å². The minimum Gasteiger partial charge on any atom is -0.295 e. The van der Waals surface area contributed by atoms with Gasteiger partial charge >= 0.3 is 0 Å². The number of hydrogen-bond acceptors (Lipinski definition) is 2. The van der Waals surface area contributed by atoms with Gasteiger partial charge in [0.2, 0.25) is 0 Å². The zero-order chi connectivity index (χ0) is 9.42. The molecule has 2 heteroatoms. The van der Waals surface area contributed by atoms with Gasteiger partial charge < -0.3 is 0 Å². The van der Waals surface area contributed by atoms with Gasteiger partial charge in [-0.1, -0.05) is 19.1 Å². The Morgan fingerprint density at radius 2 is 1.92 bits per heavy atom. The number of carbonyl (C=O) groups is 2. The third-order valence-corrected chi connectivity index (χ3v) is 2.94. The molecule has 0 saturated heterocycles. The van der Waals surface area contributed by atoms with Gasteiger partial charge in [0, 0.05) is 11.8 Å². The second-order valence-corrected chi connectivity index (χ2v) is 3.79. The van der Waals surface area contributed by atoms with Crippen LogP contribution in [-0.2, 0) is 9.59 Å². The Balaban J connectivity index is 2.37. The second-order valence-electron chi connectivity index (χ2n) is 3.79. The average Bonchev–Trinajstić information content (AvgIpc) is 2.12. The van der Waals surface area contributed by atoms with E-state index >= 15 is 0 Å². The third-order valence-electron chi connectivity index (χ3n) is 2.94. The van der Waals surface area contributed by atoms with Crippen LogP contribution in [0.2, 0.25) is 0 Å². The van der Waals surface area contributed by atoms with Gasteiger partial charge in [0.25, 0.3) is 0 Å².